The lowest BCUT2D eigenvalue weighted by atomic mass is 10.2. The lowest BCUT2D eigenvalue weighted by molar-refractivity contribution is 0.789. The molecule has 7 heteroatoms. The minimum absolute atomic E-state index is 0.131. The number of aromatic nitrogens is 4. The van der Waals surface area contributed by atoms with Gasteiger partial charge in [-0.3, -0.25) is 9.89 Å². The van der Waals surface area contributed by atoms with Crippen molar-refractivity contribution < 1.29 is 0 Å². The molecule has 25 heavy (non-hydrogen) atoms. The topological polar surface area (TPSA) is 92.5 Å². The van der Waals surface area contributed by atoms with E-state index in [1.807, 2.05) is 48.5 Å². The van der Waals surface area contributed by atoms with Gasteiger partial charge in [0.25, 0.3) is 5.56 Å². The fraction of sp³-hybridized carbons (Fsp3) is 0.111. The van der Waals surface area contributed by atoms with Gasteiger partial charge in [0.1, 0.15) is 0 Å². The molecule has 4 aromatic rings. The highest BCUT2D eigenvalue weighted by Gasteiger charge is 2.09. The number of thioether (sulfide) groups is 1. The fourth-order valence-electron chi connectivity index (χ4n) is 2.60. The van der Waals surface area contributed by atoms with Crippen LogP contribution in [0.5, 0.6) is 0 Å². The first kappa shape index (κ1) is 15.7. The summed E-state index contributed by atoms with van der Waals surface area (Å²) in [6.45, 7) is 0.540. The molecule has 0 aliphatic carbocycles. The SMILES string of the molecule is NCc1ccc(SCc2cc(=O)n(-c3nc4ccccc4[nH]3)[nH]2)cc1. The number of para-hydroxylation sites is 2. The summed E-state index contributed by atoms with van der Waals surface area (Å²) in [6, 6.07) is 17.4. The van der Waals surface area contributed by atoms with E-state index < -0.39 is 0 Å². The number of hydrogen-bond acceptors (Lipinski definition) is 4. The number of benzene rings is 2. The minimum Gasteiger partial charge on any atom is -0.326 e. The van der Waals surface area contributed by atoms with E-state index in [-0.39, 0.29) is 5.56 Å². The standard InChI is InChI=1S/C18H17N5OS/c19-10-12-5-7-14(8-6-12)25-11-13-9-17(24)23(22-13)18-20-15-3-1-2-4-16(15)21-18/h1-9,22H,10-11,19H2,(H,20,21). The Morgan fingerprint density at radius 2 is 1.92 bits per heavy atom. The molecule has 2 heterocycles. The second-order valence-corrected chi connectivity index (χ2v) is 6.72. The molecule has 2 aromatic heterocycles. The van der Waals surface area contributed by atoms with Crippen LogP contribution in [0.2, 0.25) is 0 Å². The molecular weight excluding hydrogens is 334 g/mol. The molecule has 0 atom stereocenters. The molecule has 0 spiro atoms. The molecule has 2 aromatic carbocycles. The van der Waals surface area contributed by atoms with Gasteiger partial charge < -0.3 is 10.7 Å². The summed E-state index contributed by atoms with van der Waals surface area (Å²) in [5.74, 6) is 1.17. The smallest absolute Gasteiger partial charge is 0.274 e. The molecule has 0 saturated heterocycles. The van der Waals surface area contributed by atoms with E-state index in [0.717, 1.165) is 27.2 Å². The number of hydrogen-bond donors (Lipinski definition) is 3. The predicted molar refractivity (Wildman–Crippen MR) is 99.9 cm³/mol. The number of nitrogens with one attached hydrogen (secondary N) is 2. The minimum atomic E-state index is -0.131. The average Bonchev–Trinajstić information content (AvgIpc) is 3.23. The molecule has 0 bridgehead atoms. The van der Waals surface area contributed by atoms with Crippen molar-refractivity contribution in [2.45, 2.75) is 17.2 Å². The van der Waals surface area contributed by atoms with Crippen LogP contribution in [0.15, 0.2) is 64.3 Å². The third-order valence-electron chi connectivity index (χ3n) is 3.92. The van der Waals surface area contributed by atoms with Crippen LogP contribution >= 0.6 is 11.8 Å². The van der Waals surface area contributed by atoms with Gasteiger partial charge in [-0.05, 0) is 29.8 Å². The van der Waals surface area contributed by atoms with Crippen LogP contribution in [0.4, 0.5) is 0 Å². The highest BCUT2D eigenvalue weighted by Crippen LogP contribution is 2.22. The first-order valence-corrected chi connectivity index (χ1v) is 8.89. The van der Waals surface area contributed by atoms with E-state index in [0.29, 0.717) is 18.2 Å². The Hall–Kier alpha value is -2.77. The molecule has 0 amide bonds. The van der Waals surface area contributed by atoms with Gasteiger partial charge >= 0.3 is 0 Å². The van der Waals surface area contributed by atoms with Gasteiger partial charge in [0, 0.05) is 29.0 Å². The molecule has 0 aliphatic heterocycles. The lowest BCUT2D eigenvalue weighted by Crippen LogP contribution is -2.14. The number of H-pyrrole nitrogens is 2. The van der Waals surface area contributed by atoms with Crippen LogP contribution in [0.1, 0.15) is 11.3 Å². The van der Waals surface area contributed by atoms with E-state index in [1.54, 1.807) is 17.8 Å². The Labute approximate surface area is 148 Å². The van der Waals surface area contributed by atoms with Gasteiger partial charge in [0.05, 0.1) is 11.0 Å². The third-order valence-corrected chi connectivity index (χ3v) is 4.98. The van der Waals surface area contributed by atoms with E-state index in [4.69, 9.17) is 5.73 Å². The Morgan fingerprint density at radius 1 is 1.12 bits per heavy atom. The van der Waals surface area contributed by atoms with Crippen molar-refractivity contribution in [3.8, 4) is 5.95 Å². The lowest BCUT2D eigenvalue weighted by Gasteiger charge is -2.02. The summed E-state index contributed by atoms with van der Waals surface area (Å²) >= 11 is 1.66. The van der Waals surface area contributed by atoms with Crippen molar-refractivity contribution in [1.82, 2.24) is 19.7 Å². The van der Waals surface area contributed by atoms with Gasteiger partial charge in [-0.15, -0.1) is 11.8 Å². The molecular formula is C18H17N5OS. The highest BCUT2D eigenvalue weighted by molar-refractivity contribution is 7.98. The van der Waals surface area contributed by atoms with Crippen molar-refractivity contribution in [2.24, 2.45) is 5.73 Å². The molecule has 0 unspecified atom stereocenters. The largest absolute Gasteiger partial charge is 0.326 e. The molecule has 0 fully saturated rings. The van der Waals surface area contributed by atoms with Crippen LogP contribution in [-0.4, -0.2) is 19.7 Å². The summed E-state index contributed by atoms with van der Waals surface area (Å²) < 4.78 is 1.44. The second kappa shape index (κ2) is 6.62. The number of rotatable bonds is 5. The Balaban J connectivity index is 1.54. The van der Waals surface area contributed by atoms with Crippen molar-refractivity contribution in [3.63, 3.8) is 0 Å². The third kappa shape index (κ3) is 3.24. The summed E-state index contributed by atoms with van der Waals surface area (Å²) in [5, 5.41) is 3.12. The highest BCUT2D eigenvalue weighted by atomic mass is 32.2. The van der Waals surface area contributed by atoms with E-state index >= 15 is 0 Å². The monoisotopic (exact) mass is 351 g/mol. The maximum atomic E-state index is 12.3. The maximum absolute atomic E-state index is 12.3. The van der Waals surface area contributed by atoms with Crippen LogP contribution in [0, 0.1) is 0 Å². The summed E-state index contributed by atoms with van der Waals surface area (Å²) in [5.41, 5.74) is 9.16. The number of nitrogens with two attached hydrogens (primary N) is 1. The van der Waals surface area contributed by atoms with Crippen LogP contribution in [0.25, 0.3) is 17.0 Å². The van der Waals surface area contributed by atoms with Gasteiger partial charge in [0.2, 0.25) is 5.95 Å². The second-order valence-electron chi connectivity index (χ2n) is 5.67. The molecule has 0 saturated carbocycles. The van der Waals surface area contributed by atoms with Gasteiger partial charge in [-0.2, -0.15) is 4.68 Å². The number of nitrogens with zero attached hydrogens (tertiary/aromatic N) is 2. The average molecular weight is 351 g/mol. The first-order valence-electron chi connectivity index (χ1n) is 7.91. The quantitative estimate of drug-likeness (QED) is 0.482. The van der Waals surface area contributed by atoms with Gasteiger partial charge in [-0.25, -0.2) is 4.98 Å². The molecule has 0 aliphatic rings. The maximum Gasteiger partial charge on any atom is 0.274 e. The van der Waals surface area contributed by atoms with E-state index in [2.05, 4.69) is 15.1 Å². The summed E-state index contributed by atoms with van der Waals surface area (Å²) in [7, 11) is 0. The normalized spacial score (nSPS) is 11.2. The van der Waals surface area contributed by atoms with Crippen molar-refractivity contribution in [1.29, 1.82) is 0 Å². The number of fused-ring (bicyclic) bond motifs is 1. The summed E-state index contributed by atoms with van der Waals surface area (Å²) in [6.07, 6.45) is 0. The molecule has 6 nitrogen and oxygen atoms in total. The van der Waals surface area contributed by atoms with Crippen LogP contribution in [0.3, 0.4) is 0 Å². The van der Waals surface area contributed by atoms with Gasteiger partial charge in [0.15, 0.2) is 0 Å². The van der Waals surface area contributed by atoms with E-state index in [9.17, 15) is 4.79 Å². The Morgan fingerprint density at radius 3 is 2.68 bits per heavy atom. The molecule has 4 N–H and O–H groups in total. The van der Waals surface area contributed by atoms with Crippen molar-refractivity contribution in [2.75, 3.05) is 0 Å². The molecule has 0 radical (unpaired) electrons. The molecule has 126 valence electrons. The zero-order chi connectivity index (χ0) is 17.2. The zero-order valence-electron chi connectivity index (χ0n) is 13.4. The van der Waals surface area contributed by atoms with Gasteiger partial charge in [-0.1, -0.05) is 24.3 Å². The molecule has 4 rings (SSSR count). The first-order chi connectivity index (χ1) is 12.2. The number of imidazole rings is 1. The van der Waals surface area contributed by atoms with Crippen molar-refractivity contribution in [3.05, 3.63) is 76.2 Å². The van der Waals surface area contributed by atoms with Crippen LogP contribution in [-0.2, 0) is 12.3 Å². The van der Waals surface area contributed by atoms with Crippen LogP contribution < -0.4 is 11.3 Å². The zero-order valence-corrected chi connectivity index (χ0v) is 14.2. The van der Waals surface area contributed by atoms with Crippen molar-refractivity contribution >= 4 is 22.8 Å². The Kier molecular flexibility index (Phi) is 4.17. The Bertz CT molecular complexity index is 1030. The van der Waals surface area contributed by atoms with E-state index in [1.165, 1.54) is 4.68 Å². The fourth-order valence-corrected chi connectivity index (χ4v) is 3.40. The summed E-state index contributed by atoms with van der Waals surface area (Å²) in [4.78, 5) is 21.0. The predicted octanol–water partition coefficient (Wildman–Crippen LogP) is 2.79. The number of aromatic amines is 2.